The van der Waals surface area contributed by atoms with E-state index in [-0.39, 0.29) is 0 Å². The average Bonchev–Trinajstić information content (AvgIpc) is 3.07. The Morgan fingerprint density at radius 2 is 0.469 bits per heavy atom. The number of hydrogen-bond acceptors (Lipinski definition) is 4. The third kappa shape index (κ3) is 62.4. The Bertz CT molecular complexity index is 516. The lowest BCUT2D eigenvalue weighted by atomic mass is 10.1. The van der Waals surface area contributed by atoms with Gasteiger partial charge in [0.15, 0.2) is 0 Å². The molecule has 0 aliphatic rings. The molecule has 0 amide bonds. The molecule has 0 aromatic rings. The second-order valence-corrected chi connectivity index (χ2v) is 14.6. The Morgan fingerprint density at radius 1 is 0.306 bits per heavy atom. The molecule has 0 unspecified atom stereocenters. The highest BCUT2D eigenvalue weighted by molar-refractivity contribution is 5.86. The summed E-state index contributed by atoms with van der Waals surface area (Å²) in [5, 5.41) is 23.7. The van der Waals surface area contributed by atoms with Crippen LogP contribution in [0.1, 0.15) is 240 Å². The Kier molecular flexibility index (Phi) is 54.6. The van der Waals surface area contributed by atoms with E-state index in [2.05, 4.69) is 38.3 Å². The number of nitrogens with two attached hydrogens (primary N) is 2. The Hall–Kier alpha value is -1.14. The fourth-order valence-electron chi connectivity index (χ4n) is 6.10. The zero-order valence-corrected chi connectivity index (χ0v) is 34.0. The van der Waals surface area contributed by atoms with Crippen LogP contribution in [-0.4, -0.2) is 38.1 Å². The van der Waals surface area contributed by atoms with Crippen LogP contribution in [0.4, 0.5) is 0 Å². The van der Waals surface area contributed by atoms with E-state index < -0.39 is 18.4 Å². The van der Waals surface area contributed by atoms with Crippen molar-refractivity contribution in [1.82, 2.24) is 0 Å². The fourth-order valence-corrected chi connectivity index (χ4v) is 6.10. The van der Waals surface area contributed by atoms with Crippen molar-refractivity contribution >= 4 is 11.9 Å². The third-order valence-electron chi connectivity index (χ3n) is 9.34. The summed E-state index contributed by atoms with van der Waals surface area (Å²) in [5.74, 6) is -3.25. The molecule has 0 aliphatic heterocycles. The molecule has 0 saturated carbocycles. The molecule has 6 nitrogen and oxygen atoms in total. The lowest BCUT2D eigenvalue weighted by Gasteiger charge is -2.03. The molecule has 0 fully saturated rings. The van der Waals surface area contributed by atoms with Crippen LogP contribution in [0.2, 0.25) is 0 Å². The molecule has 4 N–H and O–H groups in total. The van der Waals surface area contributed by atoms with Crippen molar-refractivity contribution in [2.75, 3.05) is 26.2 Å². The molecule has 0 heterocycles. The molecule has 0 saturated heterocycles. The van der Waals surface area contributed by atoms with Gasteiger partial charge in [0.05, 0.1) is 26.2 Å². The van der Waals surface area contributed by atoms with E-state index in [9.17, 15) is 19.8 Å². The van der Waals surface area contributed by atoms with Gasteiger partial charge in [-0.15, -0.1) is 0 Å². The standard InChI is InChI=1S/2C20H43N.C3H4O4/c2*1-3-5-7-9-11-13-15-17-19-21-20-18-16-14-12-10-8-6-4-2;4-2(5)1-3(6)7/h2*21H,3-20H2,1-2H3;1H2,(H,4,5)(H,6,7). The number of rotatable bonds is 38. The number of unbranched alkanes of at least 4 members (excludes halogenated alkanes) is 28. The largest absolute Gasteiger partial charge is 0.550 e. The van der Waals surface area contributed by atoms with Crippen LogP contribution in [0.25, 0.3) is 0 Å². The summed E-state index contributed by atoms with van der Waals surface area (Å²) in [6, 6.07) is 0. The van der Waals surface area contributed by atoms with E-state index in [1.54, 1.807) is 0 Å². The summed E-state index contributed by atoms with van der Waals surface area (Å²) in [5.41, 5.74) is 0. The molecular formula is C43H90N2O4. The Labute approximate surface area is 307 Å². The van der Waals surface area contributed by atoms with E-state index in [0.717, 1.165) is 0 Å². The first-order valence-electron chi connectivity index (χ1n) is 22.0. The van der Waals surface area contributed by atoms with Gasteiger partial charge in [-0.05, 0) is 51.4 Å². The highest BCUT2D eigenvalue weighted by atomic mass is 16.4. The van der Waals surface area contributed by atoms with Crippen LogP contribution < -0.4 is 20.8 Å². The zero-order chi connectivity index (χ0) is 36.7. The minimum Gasteiger partial charge on any atom is -0.550 e. The molecule has 6 heteroatoms. The molecule has 296 valence electrons. The van der Waals surface area contributed by atoms with Gasteiger partial charge < -0.3 is 30.4 Å². The summed E-state index contributed by atoms with van der Waals surface area (Å²) in [4.78, 5) is 18.6. The van der Waals surface area contributed by atoms with Gasteiger partial charge in [-0.25, -0.2) is 0 Å². The van der Waals surface area contributed by atoms with Gasteiger partial charge in [-0.1, -0.05) is 182 Å². The molecule has 0 rings (SSSR count). The summed E-state index contributed by atoms with van der Waals surface area (Å²) in [7, 11) is 0. The van der Waals surface area contributed by atoms with Crippen molar-refractivity contribution in [2.45, 2.75) is 240 Å². The van der Waals surface area contributed by atoms with Gasteiger partial charge in [-0.3, -0.25) is 0 Å². The molecule has 0 aliphatic carbocycles. The maximum atomic E-state index is 9.28. The zero-order valence-electron chi connectivity index (χ0n) is 34.0. The quantitative estimate of drug-likeness (QED) is 0.0497. The lowest BCUT2D eigenvalue weighted by Crippen LogP contribution is -2.84. The smallest absolute Gasteiger partial charge is 0.0755 e. The highest BCUT2D eigenvalue weighted by Crippen LogP contribution is 2.10. The first-order chi connectivity index (χ1) is 24.0. The van der Waals surface area contributed by atoms with Crippen LogP contribution in [0, 0.1) is 0 Å². The van der Waals surface area contributed by atoms with Crippen LogP contribution in [0.5, 0.6) is 0 Å². The first-order valence-corrected chi connectivity index (χ1v) is 22.0. The summed E-state index contributed by atoms with van der Waals surface area (Å²) < 4.78 is 0. The number of hydrogen-bond donors (Lipinski definition) is 2. The van der Waals surface area contributed by atoms with Crippen molar-refractivity contribution in [1.29, 1.82) is 0 Å². The number of carboxylic acid groups (broad SMARTS) is 2. The van der Waals surface area contributed by atoms with Crippen LogP contribution in [0.15, 0.2) is 0 Å². The molecule has 49 heavy (non-hydrogen) atoms. The number of carbonyl (C=O) groups excluding carboxylic acids is 2. The Morgan fingerprint density at radius 3 is 0.612 bits per heavy atom. The number of quaternary nitrogens is 2. The van der Waals surface area contributed by atoms with Crippen molar-refractivity contribution in [2.24, 2.45) is 0 Å². The highest BCUT2D eigenvalue weighted by Gasteiger charge is 1.97. The average molecular weight is 699 g/mol. The van der Waals surface area contributed by atoms with Gasteiger partial charge in [0.1, 0.15) is 0 Å². The van der Waals surface area contributed by atoms with Gasteiger partial charge in [0.2, 0.25) is 0 Å². The monoisotopic (exact) mass is 699 g/mol. The van der Waals surface area contributed by atoms with E-state index in [0.29, 0.717) is 0 Å². The minimum absolute atomic E-state index is 1.03. The molecular weight excluding hydrogens is 608 g/mol. The first kappa shape index (κ1) is 52.2. The van der Waals surface area contributed by atoms with E-state index >= 15 is 0 Å². The van der Waals surface area contributed by atoms with Gasteiger partial charge >= 0.3 is 0 Å². The van der Waals surface area contributed by atoms with E-state index in [4.69, 9.17) is 0 Å². The number of carboxylic acids is 2. The van der Waals surface area contributed by atoms with Gasteiger partial charge in [-0.2, -0.15) is 0 Å². The van der Waals surface area contributed by atoms with Crippen molar-refractivity contribution < 1.29 is 30.4 Å². The second-order valence-electron chi connectivity index (χ2n) is 14.6. The van der Waals surface area contributed by atoms with E-state index in [1.807, 2.05) is 0 Å². The molecule has 0 aromatic heterocycles. The number of aliphatic carboxylic acids is 2. The molecule has 0 aromatic carbocycles. The summed E-state index contributed by atoms with van der Waals surface area (Å²) in [6.07, 6.45) is 45.2. The van der Waals surface area contributed by atoms with Gasteiger partial charge in [0, 0.05) is 18.4 Å². The number of carbonyl (C=O) groups is 2. The molecule has 0 bridgehead atoms. The molecule has 0 spiro atoms. The minimum atomic E-state index is -1.63. The summed E-state index contributed by atoms with van der Waals surface area (Å²) >= 11 is 0. The van der Waals surface area contributed by atoms with Crippen LogP contribution in [0.3, 0.4) is 0 Å². The summed E-state index contributed by atoms with van der Waals surface area (Å²) in [6.45, 7) is 14.6. The van der Waals surface area contributed by atoms with Gasteiger partial charge in [0.25, 0.3) is 0 Å². The SMILES string of the molecule is CCCCCCCCCC[NH2+]CCCCCCCCCC.CCCCCCCCCC[NH2+]CCCCCCCCCC.O=C([O-])CC(=O)[O-]. The Balaban J connectivity index is -0.000000723. The topological polar surface area (TPSA) is 113 Å². The second kappa shape index (κ2) is 51.2. The maximum absolute atomic E-state index is 9.28. The molecule has 0 atom stereocenters. The van der Waals surface area contributed by atoms with Crippen molar-refractivity contribution in [3.8, 4) is 0 Å². The third-order valence-corrected chi connectivity index (χ3v) is 9.34. The maximum Gasteiger partial charge on any atom is 0.0755 e. The predicted molar refractivity (Wildman–Crippen MR) is 208 cm³/mol. The molecule has 0 radical (unpaired) electrons. The normalized spacial score (nSPS) is 10.7. The predicted octanol–water partition coefficient (Wildman–Crippen LogP) is 8.54. The van der Waals surface area contributed by atoms with Crippen LogP contribution >= 0.6 is 0 Å². The lowest BCUT2D eigenvalue weighted by molar-refractivity contribution is -0.655. The fraction of sp³-hybridized carbons (Fsp3) is 0.953. The van der Waals surface area contributed by atoms with Crippen molar-refractivity contribution in [3.63, 3.8) is 0 Å². The van der Waals surface area contributed by atoms with Crippen molar-refractivity contribution in [3.05, 3.63) is 0 Å². The van der Waals surface area contributed by atoms with E-state index in [1.165, 1.54) is 232 Å². The van der Waals surface area contributed by atoms with Crippen LogP contribution in [-0.2, 0) is 9.59 Å².